The van der Waals surface area contributed by atoms with Crippen LogP contribution in [0.4, 0.5) is 13.2 Å². The summed E-state index contributed by atoms with van der Waals surface area (Å²) in [7, 11) is 0. The molecule has 3 rings (SSSR count). The number of aliphatic carboxylic acids is 1. The summed E-state index contributed by atoms with van der Waals surface area (Å²) in [6, 6.07) is 1.99. The molecule has 0 amide bonds. The Labute approximate surface area is 152 Å². The highest BCUT2D eigenvalue weighted by Gasteiger charge is 2.34. The molecule has 1 aliphatic rings. The van der Waals surface area contributed by atoms with E-state index in [0.29, 0.717) is 18.8 Å². The number of rotatable bonds is 6. The zero-order chi connectivity index (χ0) is 19.6. The van der Waals surface area contributed by atoms with E-state index in [0.717, 1.165) is 18.3 Å². The van der Waals surface area contributed by atoms with Gasteiger partial charge in [0.2, 0.25) is 5.88 Å². The van der Waals surface area contributed by atoms with E-state index in [1.165, 1.54) is 12.4 Å². The fraction of sp³-hybridized carbons (Fsp3) is 0.294. The molecule has 0 saturated carbocycles. The molecule has 1 aliphatic heterocycles. The maximum Gasteiger partial charge on any atom is 0.433 e. The van der Waals surface area contributed by atoms with E-state index in [4.69, 9.17) is 9.84 Å². The van der Waals surface area contributed by atoms with Crippen LogP contribution in [-0.4, -0.2) is 50.6 Å². The van der Waals surface area contributed by atoms with Crippen molar-refractivity contribution in [3.63, 3.8) is 0 Å². The quantitative estimate of drug-likeness (QED) is 0.771. The average molecular weight is 380 g/mol. The second-order valence-electron chi connectivity index (χ2n) is 6.03. The molecule has 142 valence electrons. The van der Waals surface area contributed by atoms with Gasteiger partial charge in [-0.15, -0.1) is 0 Å². The van der Waals surface area contributed by atoms with Crippen molar-refractivity contribution in [2.24, 2.45) is 0 Å². The molecule has 1 N–H and O–H groups in total. The number of ether oxygens (including phenoxy) is 1. The SMILES string of the molecule is C=C(CN1CC(c2nccnc2Oc2ccc(C(F)(F)F)nc2)C1)C(=O)O. The topological polar surface area (TPSA) is 88.4 Å². The van der Waals surface area contributed by atoms with Crippen LogP contribution in [0.3, 0.4) is 0 Å². The smallest absolute Gasteiger partial charge is 0.433 e. The van der Waals surface area contributed by atoms with Gasteiger partial charge >= 0.3 is 12.1 Å². The minimum atomic E-state index is -4.52. The van der Waals surface area contributed by atoms with Gasteiger partial charge in [0.1, 0.15) is 17.1 Å². The Morgan fingerprint density at radius 2 is 1.96 bits per heavy atom. The Morgan fingerprint density at radius 3 is 2.56 bits per heavy atom. The van der Waals surface area contributed by atoms with E-state index in [1.807, 2.05) is 4.90 Å². The fourth-order valence-corrected chi connectivity index (χ4v) is 2.62. The number of pyridine rings is 1. The molecule has 27 heavy (non-hydrogen) atoms. The third kappa shape index (κ3) is 4.40. The van der Waals surface area contributed by atoms with Gasteiger partial charge in [0.15, 0.2) is 0 Å². The summed E-state index contributed by atoms with van der Waals surface area (Å²) in [5.74, 6) is -0.782. The van der Waals surface area contributed by atoms with E-state index in [1.54, 1.807) is 0 Å². The van der Waals surface area contributed by atoms with Crippen molar-refractivity contribution in [3.05, 3.63) is 54.3 Å². The van der Waals surface area contributed by atoms with Crippen LogP contribution < -0.4 is 4.74 Å². The van der Waals surface area contributed by atoms with Crippen LogP contribution >= 0.6 is 0 Å². The summed E-state index contributed by atoms with van der Waals surface area (Å²) in [6.07, 6.45) is -0.637. The Kier molecular flexibility index (Phi) is 5.08. The lowest BCUT2D eigenvalue weighted by Gasteiger charge is -2.38. The van der Waals surface area contributed by atoms with Crippen molar-refractivity contribution < 1.29 is 27.8 Å². The summed E-state index contributed by atoms with van der Waals surface area (Å²) in [5.41, 5.74) is -0.364. The van der Waals surface area contributed by atoms with Crippen molar-refractivity contribution in [1.29, 1.82) is 0 Å². The summed E-state index contributed by atoms with van der Waals surface area (Å²) in [5, 5.41) is 8.87. The van der Waals surface area contributed by atoms with Gasteiger partial charge in [-0.3, -0.25) is 9.88 Å². The zero-order valence-electron chi connectivity index (χ0n) is 14.0. The van der Waals surface area contributed by atoms with Gasteiger partial charge in [-0.2, -0.15) is 13.2 Å². The van der Waals surface area contributed by atoms with E-state index < -0.39 is 17.8 Å². The number of nitrogens with zero attached hydrogens (tertiary/aromatic N) is 4. The van der Waals surface area contributed by atoms with Crippen LogP contribution in [0.1, 0.15) is 17.3 Å². The molecular weight excluding hydrogens is 365 g/mol. The van der Waals surface area contributed by atoms with Gasteiger partial charge in [0.05, 0.1) is 6.20 Å². The summed E-state index contributed by atoms with van der Waals surface area (Å²) in [6.45, 7) is 4.83. The van der Waals surface area contributed by atoms with Crippen molar-refractivity contribution in [2.45, 2.75) is 12.1 Å². The molecule has 0 unspecified atom stereocenters. The number of carboxylic acid groups (broad SMARTS) is 1. The van der Waals surface area contributed by atoms with Crippen LogP contribution in [0.25, 0.3) is 0 Å². The maximum absolute atomic E-state index is 12.6. The van der Waals surface area contributed by atoms with Crippen molar-refractivity contribution >= 4 is 5.97 Å². The van der Waals surface area contributed by atoms with Gasteiger partial charge in [0.25, 0.3) is 0 Å². The number of halogens is 3. The van der Waals surface area contributed by atoms with E-state index in [9.17, 15) is 18.0 Å². The second-order valence-corrected chi connectivity index (χ2v) is 6.03. The lowest BCUT2D eigenvalue weighted by Crippen LogP contribution is -2.46. The molecule has 0 atom stereocenters. The highest BCUT2D eigenvalue weighted by atomic mass is 19.4. The van der Waals surface area contributed by atoms with Gasteiger partial charge in [0, 0.05) is 43.5 Å². The first-order valence-electron chi connectivity index (χ1n) is 7.89. The molecule has 2 aromatic rings. The normalized spacial score (nSPS) is 15.2. The molecule has 1 saturated heterocycles. The molecule has 3 heterocycles. The number of carbonyl (C=O) groups is 1. The van der Waals surface area contributed by atoms with E-state index in [2.05, 4.69) is 21.5 Å². The summed E-state index contributed by atoms with van der Waals surface area (Å²) < 4.78 is 43.3. The molecule has 0 spiro atoms. The minimum Gasteiger partial charge on any atom is -0.478 e. The zero-order valence-corrected chi connectivity index (χ0v) is 14.0. The first kappa shape index (κ1) is 18.8. The van der Waals surface area contributed by atoms with Gasteiger partial charge in [-0.1, -0.05) is 6.58 Å². The molecule has 0 aromatic carbocycles. The second kappa shape index (κ2) is 7.31. The molecule has 1 fully saturated rings. The standard InChI is InChI=1S/C17H15F3N4O3/c1-10(16(25)26)7-24-8-11(9-24)14-15(22-5-4-21-14)27-12-2-3-13(23-6-12)17(18,19)20/h2-6,11H,1,7-9H2,(H,25,26). The monoisotopic (exact) mass is 380 g/mol. The predicted molar refractivity (Wildman–Crippen MR) is 87.3 cm³/mol. The molecule has 7 nitrogen and oxygen atoms in total. The fourth-order valence-electron chi connectivity index (χ4n) is 2.62. The minimum absolute atomic E-state index is 0.0299. The van der Waals surface area contributed by atoms with Gasteiger partial charge in [-0.05, 0) is 12.1 Å². The van der Waals surface area contributed by atoms with Gasteiger partial charge in [-0.25, -0.2) is 14.8 Å². The molecule has 0 bridgehead atoms. The largest absolute Gasteiger partial charge is 0.478 e. The Balaban J connectivity index is 1.67. The highest BCUT2D eigenvalue weighted by molar-refractivity contribution is 5.86. The average Bonchev–Trinajstić information content (AvgIpc) is 2.58. The lowest BCUT2D eigenvalue weighted by molar-refractivity contribution is -0.141. The third-order valence-electron chi connectivity index (χ3n) is 3.99. The van der Waals surface area contributed by atoms with Crippen LogP contribution in [0.5, 0.6) is 11.6 Å². The lowest BCUT2D eigenvalue weighted by atomic mass is 9.95. The predicted octanol–water partition coefficient (Wildman–Crippen LogP) is 2.72. The molecule has 10 heteroatoms. The molecule has 0 aliphatic carbocycles. The van der Waals surface area contributed by atoms with Gasteiger partial charge < -0.3 is 9.84 Å². The Morgan fingerprint density at radius 1 is 1.26 bits per heavy atom. The highest BCUT2D eigenvalue weighted by Crippen LogP contribution is 2.34. The third-order valence-corrected chi connectivity index (χ3v) is 3.99. The van der Waals surface area contributed by atoms with Crippen molar-refractivity contribution in [1.82, 2.24) is 19.9 Å². The number of alkyl halides is 3. The maximum atomic E-state index is 12.6. The number of aromatic nitrogens is 3. The number of likely N-dealkylation sites (tertiary alicyclic amines) is 1. The van der Waals surface area contributed by atoms with Crippen molar-refractivity contribution in [2.75, 3.05) is 19.6 Å². The first-order valence-corrected chi connectivity index (χ1v) is 7.89. The van der Waals surface area contributed by atoms with E-state index >= 15 is 0 Å². The van der Waals surface area contributed by atoms with Crippen LogP contribution in [0.2, 0.25) is 0 Å². The van der Waals surface area contributed by atoms with Crippen molar-refractivity contribution in [3.8, 4) is 11.6 Å². The Bertz CT molecular complexity index is 849. The van der Waals surface area contributed by atoms with Crippen LogP contribution in [-0.2, 0) is 11.0 Å². The van der Waals surface area contributed by atoms with Crippen LogP contribution in [0, 0.1) is 0 Å². The number of carboxylic acids is 1. The number of hydrogen-bond donors (Lipinski definition) is 1. The Hall–Kier alpha value is -3.01. The van der Waals surface area contributed by atoms with E-state index in [-0.39, 0.29) is 29.7 Å². The van der Waals surface area contributed by atoms with Crippen LogP contribution in [0.15, 0.2) is 42.9 Å². The first-order chi connectivity index (χ1) is 12.7. The molecule has 0 radical (unpaired) electrons. The summed E-state index contributed by atoms with van der Waals surface area (Å²) in [4.78, 5) is 24.4. The molecular formula is C17H15F3N4O3. The number of hydrogen-bond acceptors (Lipinski definition) is 6. The molecule has 2 aromatic heterocycles. The summed E-state index contributed by atoms with van der Waals surface area (Å²) >= 11 is 0.